The standard InChI is InChI=1S/C73H49F6N3/c1-43-14-6-10-18-56(43)48-23-30-67-62(37-48)63-38-49(57-19-11-7-15-44(57)2)24-31-68(63)81(67)66-29-22-47(52-34-53(72(74,75)76)41-54(35-52)73(77,78)79)36-61(66)60-28-27-55(80-5)42-71(60)82-69-32-25-50(58-20-12-8-16-45(58)3)39-64(69)65-40-51(26-33-70(65)82)59-21-13-9-17-46(59)4/h6-42H,1-4H3. The van der Waals surface area contributed by atoms with E-state index in [0.29, 0.717) is 28.2 Å². The molecule has 398 valence electrons. The molecule has 13 aromatic rings. The number of nitrogens with zero attached hydrogens (tertiary/aromatic N) is 3. The van der Waals surface area contributed by atoms with E-state index in [1.54, 1.807) is 24.3 Å². The fraction of sp³-hybridized carbons (Fsp3) is 0.0822. The van der Waals surface area contributed by atoms with Gasteiger partial charge in [0.15, 0.2) is 5.69 Å². The molecule has 11 aromatic carbocycles. The van der Waals surface area contributed by atoms with Gasteiger partial charge in [0, 0.05) is 38.4 Å². The molecule has 0 atom stereocenters. The lowest BCUT2D eigenvalue weighted by molar-refractivity contribution is -0.143. The van der Waals surface area contributed by atoms with Crippen molar-refractivity contribution >= 4 is 49.3 Å². The first-order valence-corrected chi connectivity index (χ1v) is 26.9. The summed E-state index contributed by atoms with van der Waals surface area (Å²) in [6.07, 6.45) is -10.2. The summed E-state index contributed by atoms with van der Waals surface area (Å²) in [5.74, 6) is 0. The van der Waals surface area contributed by atoms with Gasteiger partial charge in [0.25, 0.3) is 0 Å². The van der Waals surface area contributed by atoms with Crippen LogP contribution in [0.1, 0.15) is 33.4 Å². The summed E-state index contributed by atoms with van der Waals surface area (Å²) >= 11 is 0. The third kappa shape index (κ3) is 8.88. The zero-order valence-electron chi connectivity index (χ0n) is 45.0. The molecule has 13 rings (SSSR count). The molecule has 0 saturated carbocycles. The molecule has 0 unspecified atom stereocenters. The Morgan fingerprint density at radius 1 is 0.305 bits per heavy atom. The maximum absolute atomic E-state index is 14.7. The van der Waals surface area contributed by atoms with Crippen molar-refractivity contribution < 1.29 is 26.3 Å². The Hall–Kier alpha value is -9.91. The lowest BCUT2D eigenvalue weighted by atomic mass is 9.93. The van der Waals surface area contributed by atoms with Crippen molar-refractivity contribution in [2.24, 2.45) is 0 Å². The first-order valence-electron chi connectivity index (χ1n) is 26.9. The molecule has 0 N–H and O–H groups in total. The number of aryl methyl sites for hydroxylation is 4. The third-order valence-corrected chi connectivity index (χ3v) is 16.2. The summed E-state index contributed by atoms with van der Waals surface area (Å²) in [6.45, 7) is 16.7. The van der Waals surface area contributed by atoms with Crippen LogP contribution in [0.4, 0.5) is 32.0 Å². The second-order valence-corrected chi connectivity index (χ2v) is 21.2. The molecule has 9 heteroatoms. The Balaban J connectivity index is 1.14. The van der Waals surface area contributed by atoms with Crippen LogP contribution in [0.5, 0.6) is 0 Å². The first kappa shape index (κ1) is 51.5. The van der Waals surface area contributed by atoms with Crippen molar-refractivity contribution in [2.45, 2.75) is 40.0 Å². The van der Waals surface area contributed by atoms with E-state index >= 15 is 0 Å². The van der Waals surface area contributed by atoms with Gasteiger partial charge in [-0.1, -0.05) is 140 Å². The maximum Gasteiger partial charge on any atom is 0.416 e. The molecule has 0 saturated heterocycles. The summed E-state index contributed by atoms with van der Waals surface area (Å²) in [7, 11) is 0. The predicted molar refractivity (Wildman–Crippen MR) is 323 cm³/mol. The summed E-state index contributed by atoms with van der Waals surface area (Å²) in [5.41, 5.74) is 15.7. The SMILES string of the molecule is [C-]#[N+]c1ccc(-c2cc(-c3cc(C(F)(F)F)cc(C(F)(F)F)c3)ccc2-n2c3ccc(-c4ccccc4C)cc3c3cc(-c4ccccc4C)ccc32)c(-n2c3ccc(-c4ccccc4C)cc3c3cc(-c4ccccc4C)ccc32)c1. The molecular weight excluding hydrogens is 1030 g/mol. The molecule has 0 aliphatic rings. The highest BCUT2D eigenvalue weighted by Crippen LogP contribution is 2.47. The van der Waals surface area contributed by atoms with E-state index < -0.39 is 23.5 Å². The van der Waals surface area contributed by atoms with Crippen molar-refractivity contribution in [1.29, 1.82) is 0 Å². The lowest BCUT2D eigenvalue weighted by Gasteiger charge is -2.21. The van der Waals surface area contributed by atoms with Gasteiger partial charge >= 0.3 is 12.4 Å². The molecule has 0 amide bonds. The van der Waals surface area contributed by atoms with Gasteiger partial charge in [-0.2, -0.15) is 26.3 Å². The van der Waals surface area contributed by atoms with E-state index in [2.05, 4.69) is 163 Å². The van der Waals surface area contributed by atoms with Gasteiger partial charge < -0.3 is 9.13 Å². The lowest BCUT2D eigenvalue weighted by Crippen LogP contribution is -2.11. The number of rotatable bonds is 8. The van der Waals surface area contributed by atoms with Crippen LogP contribution in [0.15, 0.2) is 224 Å². The highest BCUT2D eigenvalue weighted by Gasteiger charge is 2.37. The minimum atomic E-state index is -5.08. The Bertz CT molecular complexity index is 4560. The van der Waals surface area contributed by atoms with Gasteiger partial charge in [0.05, 0.1) is 45.5 Å². The van der Waals surface area contributed by atoms with Crippen LogP contribution in [-0.2, 0) is 12.4 Å². The van der Waals surface area contributed by atoms with E-state index in [1.165, 1.54) is 0 Å². The maximum atomic E-state index is 14.7. The fourth-order valence-electron chi connectivity index (χ4n) is 12.1. The zero-order chi connectivity index (χ0) is 56.8. The van der Waals surface area contributed by atoms with Gasteiger partial charge in [-0.05, 0) is 191 Å². The number of hydrogen-bond acceptors (Lipinski definition) is 0. The Kier molecular flexibility index (Phi) is 12.4. The summed E-state index contributed by atoms with van der Waals surface area (Å²) in [4.78, 5) is 3.94. The second kappa shape index (κ2) is 19.7. The number of alkyl halides is 6. The van der Waals surface area contributed by atoms with E-state index in [4.69, 9.17) is 6.57 Å². The van der Waals surface area contributed by atoms with Gasteiger partial charge in [0.2, 0.25) is 0 Å². The molecule has 0 aliphatic heterocycles. The highest BCUT2D eigenvalue weighted by atomic mass is 19.4. The normalized spacial score (nSPS) is 12.0. The van der Waals surface area contributed by atoms with Crippen molar-refractivity contribution in [1.82, 2.24) is 9.13 Å². The van der Waals surface area contributed by atoms with Crippen molar-refractivity contribution in [3.63, 3.8) is 0 Å². The predicted octanol–water partition coefficient (Wildman–Crippen LogP) is 21.7. The van der Waals surface area contributed by atoms with E-state index in [9.17, 15) is 26.3 Å². The zero-order valence-corrected chi connectivity index (χ0v) is 45.0. The highest BCUT2D eigenvalue weighted by molar-refractivity contribution is 6.14. The molecule has 0 bridgehead atoms. The third-order valence-electron chi connectivity index (χ3n) is 16.2. The largest absolute Gasteiger partial charge is 0.416 e. The number of aromatic nitrogens is 2. The van der Waals surface area contributed by atoms with Crippen molar-refractivity contribution in [3.05, 3.63) is 269 Å². The first-order chi connectivity index (χ1) is 39.5. The molecule has 0 fully saturated rings. The molecule has 2 heterocycles. The van der Waals surface area contributed by atoms with Crippen LogP contribution in [-0.4, -0.2) is 9.13 Å². The Morgan fingerprint density at radius 2 is 0.659 bits per heavy atom. The minimum absolute atomic E-state index is 0.132. The Morgan fingerprint density at radius 3 is 1.01 bits per heavy atom. The van der Waals surface area contributed by atoms with Crippen LogP contribution in [0, 0.1) is 34.3 Å². The molecule has 0 aliphatic carbocycles. The minimum Gasteiger partial charge on any atom is -0.310 e. The summed E-state index contributed by atoms with van der Waals surface area (Å²) < 4.78 is 92.4. The number of fused-ring (bicyclic) bond motifs is 6. The molecular formula is C73H49F6N3. The summed E-state index contributed by atoms with van der Waals surface area (Å²) in [5, 5.41) is 3.76. The molecule has 2 aromatic heterocycles. The van der Waals surface area contributed by atoms with Crippen molar-refractivity contribution in [2.75, 3.05) is 0 Å². The van der Waals surface area contributed by atoms with E-state index in [0.717, 1.165) is 123 Å². The smallest absolute Gasteiger partial charge is 0.310 e. The summed E-state index contributed by atoms with van der Waals surface area (Å²) in [6, 6.07) is 70.5. The fourth-order valence-corrected chi connectivity index (χ4v) is 12.1. The van der Waals surface area contributed by atoms with Gasteiger partial charge in [-0.15, -0.1) is 0 Å². The Labute approximate surface area is 470 Å². The van der Waals surface area contributed by atoms with Gasteiger partial charge in [0.1, 0.15) is 0 Å². The number of benzene rings is 11. The number of hydrogen-bond donors (Lipinski definition) is 0. The van der Waals surface area contributed by atoms with E-state index in [1.807, 2.05) is 60.7 Å². The van der Waals surface area contributed by atoms with Crippen LogP contribution < -0.4 is 0 Å². The van der Waals surface area contributed by atoms with Crippen LogP contribution in [0.3, 0.4) is 0 Å². The molecule has 3 nitrogen and oxygen atoms in total. The van der Waals surface area contributed by atoms with Gasteiger partial charge in [-0.25, -0.2) is 4.85 Å². The van der Waals surface area contributed by atoms with Crippen LogP contribution in [0.2, 0.25) is 0 Å². The average Bonchev–Trinajstić information content (AvgIpc) is 4.06. The quantitative estimate of drug-likeness (QED) is 0.106. The van der Waals surface area contributed by atoms with Gasteiger partial charge in [-0.3, -0.25) is 0 Å². The second-order valence-electron chi connectivity index (χ2n) is 21.2. The average molecular weight is 1080 g/mol. The molecule has 82 heavy (non-hydrogen) atoms. The molecule has 0 spiro atoms. The topological polar surface area (TPSA) is 14.2 Å². The van der Waals surface area contributed by atoms with Crippen LogP contribution >= 0.6 is 0 Å². The molecule has 0 radical (unpaired) electrons. The van der Waals surface area contributed by atoms with E-state index in [-0.39, 0.29) is 17.2 Å². The van der Waals surface area contributed by atoms with Crippen LogP contribution in [0.25, 0.3) is 127 Å². The number of halogens is 6. The van der Waals surface area contributed by atoms with Crippen molar-refractivity contribution in [3.8, 4) is 78.1 Å². The monoisotopic (exact) mass is 1080 g/mol.